The molecule has 0 aliphatic heterocycles. The molecular weight excluding hydrogens is 210 g/mol. The van der Waals surface area contributed by atoms with E-state index >= 15 is 0 Å². The number of hydrogen-bond acceptors (Lipinski definition) is 4. The summed E-state index contributed by atoms with van der Waals surface area (Å²) < 4.78 is 0. The predicted molar refractivity (Wildman–Crippen MR) is 62.6 cm³/mol. The van der Waals surface area contributed by atoms with Gasteiger partial charge in [-0.2, -0.15) is 17.0 Å². The second kappa shape index (κ2) is 5.27. The molecule has 1 amide bonds. The molecule has 4 nitrogen and oxygen atoms in total. The Kier molecular flexibility index (Phi) is 4.01. The molecule has 0 aliphatic carbocycles. The standard InChI is InChI=1S/C10H11N3OS/c1-15-6-10(14)13-9-3-2-8(12)4-7(9)5-11/h2-4H,6,12H2,1H3,(H,13,14). The lowest BCUT2D eigenvalue weighted by Crippen LogP contribution is -2.14. The van der Waals surface area contributed by atoms with E-state index in [0.717, 1.165) is 0 Å². The third-order valence-electron chi connectivity index (χ3n) is 1.71. The highest BCUT2D eigenvalue weighted by atomic mass is 32.2. The van der Waals surface area contributed by atoms with Gasteiger partial charge in [0.15, 0.2) is 0 Å². The Morgan fingerprint density at radius 2 is 2.40 bits per heavy atom. The van der Waals surface area contributed by atoms with Crippen molar-refractivity contribution in [1.82, 2.24) is 0 Å². The largest absolute Gasteiger partial charge is 0.399 e. The molecule has 0 aliphatic rings. The Labute approximate surface area is 92.5 Å². The fourth-order valence-corrected chi connectivity index (χ4v) is 1.42. The molecule has 0 heterocycles. The van der Waals surface area contributed by atoms with E-state index in [-0.39, 0.29) is 5.91 Å². The molecule has 0 saturated carbocycles. The smallest absolute Gasteiger partial charge is 0.234 e. The molecule has 0 aromatic heterocycles. The highest BCUT2D eigenvalue weighted by molar-refractivity contribution is 7.99. The summed E-state index contributed by atoms with van der Waals surface area (Å²) in [5, 5.41) is 11.5. The number of nitrogens with one attached hydrogen (secondary N) is 1. The molecular formula is C10H11N3OS. The molecule has 5 heteroatoms. The van der Waals surface area contributed by atoms with Crippen LogP contribution in [0.25, 0.3) is 0 Å². The molecule has 1 aromatic carbocycles. The van der Waals surface area contributed by atoms with Crippen molar-refractivity contribution in [3.8, 4) is 6.07 Å². The molecule has 1 aromatic rings. The average molecular weight is 221 g/mol. The van der Waals surface area contributed by atoms with Crippen molar-refractivity contribution in [3.63, 3.8) is 0 Å². The average Bonchev–Trinajstić information content (AvgIpc) is 2.21. The van der Waals surface area contributed by atoms with Crippen LogP contribution in [0, 0.1) is 11.3 Å². The number of nitriles is 1. The maximum absolute atomic E-state index is 11.3. The molecule has 1 rings (SSSR count). The van der Waals surface area contributed by atoms with Crippen LogP contribution in [0.3, 0.4) is 0 Å². The van der Waals surface area contributed by atoms with Crippen molar-refractivity contribution in [3.05, 3.63) is 23.8 Å². The number of carbonyl (C=O) groups excluding carboxylic acids is 1. The van der Waals surface area contributed by atoms with Crippen molar-refractivity contribution in [2.75, 3.05) is 23.1 Å². The number of nitrogen functional groups attached to an aromatic ring is 1. The first-order chi connectivity index (χ1) is 7.17. The first-order valence-electron chi connectivity index (χ1n) is 4.25. The van der Waals surface area contributed by atoms with Gasteiger partial charge >= 0.3 is 0 Å². The van der Waals surface area contributed by atoms with Gasteiger partial charge in [0.2, 0.25) is 5.91 Å². The van der Waals surface area contributed by atoms with Crippen molar-refractivity contribution in [2.45, 2.75) is 0 Å². The summed E-state index contributed by atoms with van der Waals surface area (Å²) >= 11 is 1.43. The van der Waals surface area contributed by atoms with Gasteiger partial charge in [-0.3, -0.25) is 4.79 Å². The number of thioether (sulfide) groups is 1. The molecule has 0 fully saturated rings. The lowest BCUT2D eigenvalue weighted by molar-refractivity contribution is -0.113. The lowest BCUT2D eigenvalue weighted by atomic mass is 10.1. The zero-order chi connectivity index (χ0) is 11.3. The number of benzene rings is 1. The predicted octanol–water partition coefficient (Wildman–Crippen LogP) is 1.44. The van der Waals surface area contributed by atoms with Gasteiger partial charge in [-0.05, 0) is 24.5 Å². The second-order valence-corrected chi connectivity index (χ2v) is 3.76. The fraction of sp³-hybridized carbons (Fsp3) is 0.200. The number of amides is 1. The zero-order valence-electron chi connectivity index (χ0n) is 8.28. The highest BCUT2D eigenvalue weighted by Crippen LogP contribution is 2.17. The highest BCUT2D eigenvalue weighted by Gasteiger charge is 2.06. The fourth-order valence-electron chi connectivity index (χ4n) is 1.08. The summed E-state index contributed by atoms with van der Waals surface area (Å²) in [6, 6.07) is 6.80. The summed E-state index contributed by atoms with van der Waals surface area (Å²) in [7, 11) is 0. The molecule has 15 heavy (non-hydrogen) atoms. The minimum atomic E-state index is -0.122. The van der Waals surface area contributed by atoms with E-state index in [1.54, 1.807) is 12.1 Å². The lowest BCUT2D eigenvalue weighted by Gasteiger charge is -2.06. The van der Waals surface area contributed by atoms with Gasteiger partial charge in [-0.15, -0.1) is 0 Å². The van der Waals surface area contributed by atoms with Crippen LogP contribution >= 0.6 is 11.8 Å². The zero-order valence-corrected chi connectivity index (χ0v) is 9.10. The van der Waals surface area contributed by atoms with Crippen LogP contribution in [-0.2, 0) is 4.79 Å². The monoisotopic (exact) mass is 221 g/mol. The molecule has 78 valence electrons. The topological polar surface area (TPSA) is 78.9 Å². The summed E-state index contributed by atoms with van der Waals surface area (Å²) in [6.45, 7) is 0. The minimum Gasteiger partial charge on any atom is -0.399 e. The van der Waals surface area contributed by atoms with Gasteiger partial charge in [0, 0.05) is 5.69 Å². The molecule has 0 unspecified atom stereocenters. The third-order valence-corrected chi connectivity index (χ3v) is 2.26. The SMILES string of the molecule is CSCC(=O)Nc1ccc(N)cc1C#N. The van der Waals surface area contributed by atoms with Gasteiger partial charge in [0.05, 0.1) is 17.0 Å². The van der Waals surface area contributed by atoms with Crippen molar-refractivity contribution in [1.29, 1.82) is 5.26 Å². The number of rotatable bonds is 3. The maximum atomic E-state index is 11.3. The summed E-state index contributed by atoms with van der Waals surface area (Å²) in [6.07, 6.45) is 1.84. The number of carbonyl (C=O) groups is 1. The summed E-state index contributed by atoms with van der Waals surface area (Å²) in [5.74, 6) is 0.249. The third kappa shape index (κ3) is 3.18. The van der Waals surface area contributed by atoms with E-state index in [1.165, 1.54) is 17.8 Å². The van der Waals surface area contributed by atoms with Crippen LogP contribution in [0.1, 0.15) is 5.56 Å². The van der Waals surface area contributed by atoms with Gasteiger partial charge in [0.25, 0.3) is 0 Å². The summed E-state index contributed by atoms with van der Waals surface area (Å²) in [4.78, 5) is 11.3. The number of nitrogens with zero attached hydrogens (tertiary/aromatic N) is 1. The Morgan fingerprint density at radius 1 is 1.67 bits per heavy atom. The van der Waals surface area contributed by atoms with Gasteiger partial charge < -0.3 is 11.1 Å². The summed E-state index contributed by atoms with van der Waals surface area (Å²) in [5.41, 5.74) is 6.92. The Morgan fingerprint density at radius 3 is 3.00 bits per heavy atom. The van der Waals surface area contributed by atoms with E-state index in [4.69, 9.17) is 11.0 Å². The first kappa shape index (κ1) is 11.4. The van der Waals surface area contributed by atoms with Crippen LogP contribution in [0.2, 0.25) is 0 Å². The van der Waals surface area contributed by atoms with E-state index in [9.17, 15) is 4.79 Å². The minimum absolute atomic E-state index is 0.122. The molecule has 0 bridgehead atoms. The van der Waals surface area contributed by atoms with E-state index in [1.807, 2.05) is 12.3 Å². The number of nitrogens with two attached hydrogens (primary N) is 1. The van der Waals surface area contributed by atoms with Crippen molar-refractivity contribution < 1.29 is 4.79 Å². The number of anilines is 2. The van der Waals surface area contributed by atoms with E-state index in [2.05, 4.69) is 5.32 Å². The number of hydrogen-bond donors (Lipinski definition) is 2. The second-order valence-electron chi connectivity index (χ2n) is 2.90. The molecule has 0 atom stereocenters. The Balaban J connectivity index is 2.86. The Hall–Kier alpha value is -1.67. The molecule has 0 saturated heterocycles. The molecule has 0 spiro atoms. The van der Waals surface area contributed by atoms with Crippen LogP contribution in [0.5, 0.6) is 0 Å². The van der Waals surface area contributed by atoms with E-state index in [0.29, 0.717) is 22.7 Å². The van der Waals surface area contributed by atoms with Gasteiger partial charge in [-0.25, -0.2) is 0 Å². The van der Waals surface area contributed by atoms with E-state index < -0.39 is 0 Å². The molecule has 0 radical (unpaired) electrons. The molecule has 3 N–H and O–H groups in total. The maximum Gasteiger partial charge on any atom is 0.234 e. The van der Waals surface area contributed by atoms with Crippen LogP contribution in [0.4, 0.5) is 11.4 Å². The van der Waals surface area contributed by atoms with Crippen LogP contribution in [-0.4, -0.2) is 17.9 Å². The van der Waals surface area contributed by atoms with Crippen LogP contribution < -0.4 is 11.1 Å². The Bertz CT molecular complexity index is 412. The van der Waals surface area contributed by atoms with Gasteiger partial charge in [-0.1, -0.05) is 0 Å². The normalized spacial score (nSPS) is 9.33. The van der Waals surface area contributed by atoms with Crippen molar-refractivity contribution >= 4 is 29.0 Å². The quantitative estimate of drug-likeness (QED) is 0.757. The van der Waals surface area contributed by atoms with Crippen molar-refractivity contribution in [2.24, 2.45) is 0 Å². The van der Waals surface area contributed by atoms with Gasteiger partial charge in [0.1, 0.15) is 6.07 Å². The first-order valence-corrected chi connectivity index (χ1v) is 5.65. The van der Waals surface area contributed by atoms with Crippen LogP contribution in [0.15, 0.2) is 18.2 Å².